The van der Waals surface area contributed by atoms with Gasteiger partial charge >= 0.3 is 11.9 Å². The molecule has 9 heteroatoms. The first kappa shape index (κ1) is 18.3. The first-order valence-electron chi connectivity index (χ1n) is 7.36. The molecular weight excluding hydrogens is 328 g/mol. The Bertz CT molecular complexity index is 523. The third-order valence-corrected chi connectivity index (χ3v) is 5.21. The van der Waals surface area contributed by atoms with Gasteiger partial charge in [0.1, 0.15) is 30.5 Å². The van der Waals surface area contributed by atoms with Gasteiger partial charge in [-0.1, -0.05) is 13.8 Å². The summed E-state index contributed by atoms with van der Waals surface area (Å²) in [4.78, 5) is 22.3. The van der Waals surface area contributed by atoms with Crippen LogP contribution < -0.4 is 0 Å². The molecule has 0 saturated carbocycles. The Morgan fingerprint density at radius 2 is 1.78 bits per heavy atom. The second-order valence-electron chi connectivity index (χ2n) is 6.30. The molecule has 0 amide bonds. The van der Waals surface area contributed by atoms with E-state index in [1.54, 1.807) is 6.92 Å². The van der Waals surface area contributed by atoms with Crippen molar-refractivity contribution >= 4 is 23.3 Å². The number of rotatable bonds is 6. The molecule has 23 heavy (non-hydrogen) atoms. The summed E-state index contributed by atoms with van der Waals surface area (Å²) in [6, 6.07) is 0. The van der Waals surface area contributed by atoms with Crippen molar-refractivity contribution in [2.75, 3.05) is 13.2 Å². The highest BCUT2D eigenvalue weighted by Gasteiger charge is 2.70. The molecular formula is C14H21O8S-. The van der Waals surface area contributed by atoms with E-state index in [0.29, 0.717) is 6.42 Å². The normalized spacial score (nSPS) is 40.0. The van der Waals surface area contributed by atoms with Crippen molar-refractivity contribution in [1.82, 2.24) is 0 Å². The maximum atomic E-state index is 11.2. The Morgan fingerprint density at radius 3 is 2.30 bits per heavy atom. The second-order valence-corrected chi connectivity index (χ2v) is 6.90. The molecule has 0 radical (unpaired) electrons. The molecule has 0 aliphatic carbocycles. The van der Waals surface area contributed by atoms with Crippen molar-refractivity contribution < 1.29 is 36.7 Å². The number of carbonyl (C=O) groups excluding carboxylic acids is 2. The van der Waals surface area contributed by atoms with Crippen LogP contribution in [0.4, 0.5) is 0 Å². The van der Waals surface area contributed by atoms with Crippen LogP contribution in [0.5, 0.6) is 0 Å². The van der Waals surface area contributed by atoms with E-state index in [1.807, 2.05) is 6.92 Å². The largest absolute Gasteiger partial charge is 0.750 e. The molecule has 2 aliphatic heterocycles. The average Bonchev–Trinajstić information content (AvgIpc) is 2.84. The quantitative estimate of drug-likeness (QED) is 0.503. The van der Waals surface area contributed by atoms with Gasteiger partial charge in [0.15, 0.2) is 0 Å². The van der Waals surface area contributed by atoms with Crippen LogP contribution in [0.15, 0.2) is 0 Å². The zero-order valence-corrected chi connectivity index (χ0v) is 14.3. The minimum Gasteiger partial charge on any atom is -0.750 e. The van der Waals surface area contributed by atoms with Crippen LogP contribution in [0.25, 0.3) is 0 Å². The Hall–Kier alpha value is -1.03. The van der Waals surface area contributed by atoms with Gasteiger partial charge < -0.3 is 18.8 Å². The standard InChI is InChI=1S/C14H22O8S/c1-8-5-13(6-19-10(3)15)9(2)12(21-23(17)18)14(8,22-13)7-20-11(4)16/h8-9,12H,5-7H2,1-4H3,(H,17,18)/p-1. The van der Waals surface area contributed by atoms with Gasteiger partial charge in [-0.05, 0) is 12.3 Å². The van der Waals surface area contributed by atoms with Gasteiger partial charge in [-0.3, -0.25) is 13.8 Å². The molecule has 2 fully saturated rings. The molecule has 2 bridgehead atoms. The van der Waals surface area contributed by atoms with E-state index in [2.05, 4.69) is 0 Å². The molecule has 2 saturated heterocycles. The Morgan fingerprint density at radius 1 is 1.22 bits per heavy atom. The summed E-state index contributed by atoms with van der Waals surface area (Å²) >= 11 is -2.74. The van der Waals surface area contributed by atoms with Gasteiger partial charge in [-0.2, -0.15) is 0 Å². The van der Waals surface area contributed by atoms with Crippen molar-refractivity contribution in [1.29, 1.82) is 0 Å². The summed E-state index contributed by atoms with van der Waals surface area (Å²) in [5, 5.41) is 0. The molecule has 2 heterocycles. The first-order chi connectivity index (χ1) is 10.6. The number of hydrogen-bond donors (Lipinski definition) is 0. The Balaban J connectivity index is 2.31. The Labute approximate surface area is 137 Å². The lowest BCUT2D eigenvalue weighted by Crippen LogP contribution is -2.53. The minimum absolute atomic E-state index is 0.00101. The highest BCUT2D eigenvalue weighted by molar-refractivity contribution is 7.74. The summed E-state index contributed by atoms with van der Waals surface area (Å²) < 4.78 is 43.5. The highest BCUT2D eigenvalue weighted by Crippen LogP contribution is 2.58. The molecule has 0 aromatic rings. The number of esters is 2. The molecule has 8 nitrogen and oxygen atoms in total. The van der Waals surface area contributed by atoms with Gasteiger partial charge in [0.05, 0.1) is 11.4 Å². The number of carbonyl (C=O) groups is 2. The van der Waals surface area contributed by atoms with Crippen molar-refractivity contribution in [3.63, 3.8) is 0 Å². The summed E-state index contributed by atoms with van der Waals surface area (Å²) in [7, 11) is 0. The molecule has 0 aromatic heterocycles. The predicted molar refractivity (Wildman–Crippen MR) is 76.6 cm³/mol. The van der Waals surface area contributed by atoms with Crippen molar-refractivity contribution in [2.24, 2.45) is 11.8 Å². The molecule has 0 spiro atoms. The van der Waals surface area contributed by atoms with Crippen LogP contribution in [0.3, 0.4) is 0 Å². The number of hydrogen-bond acceptors (Lipinski definition) is 8. The van der Waals surface area contributed by atoms with Crippen LogP contribution in [-0.2, 0) is 39.3 Å². The maximum Gasteiger partial charge on any atom is 0.302 e. The summed E-state index contributed by atoms with van der Waals surface area (Å²) in [6.45, 7) is 6.10. The monoisotopic (exact) mass is 349 g/mol. The van der Waals surface area contributed by atoms with Crippen molar-refractivity contribution in [3.05, 3.63) is 0 Å². The summed E-state index contributed by atoms with van der Waals surface area (Å²) in [5.41, 5.74) is -1.93. The van der Waals surface area contributed by atoms with Crippen LogP contribution in [0.1, 0.15) is 34.1 Å². The molecule has 6 atom stereocenters. The molecule has 0 N–H and O–H groups in total. The van der Waals surface area contributed by atoms with Crippen LogP contribution in [0, 0.1) is 11.8 Å². The first-order valence-corrected chi connectivity index (χ1v) is 8.36. The maximum absolute atomic E-state index is 11.2. The lowest BCUT2D eigenvalue weighted by molar-refractivity contribution is -0.166. The SMILES string of the molecule is CC(=O)OCC12CC(C)C(COC(C)=O)(O1)C(OS(=O)[O-])C2C. The highest BCUT2D eigenvalue weighted by atomic mass is 32.2. The molecule has 0 aromatic carbocycles. The third-order valence-electron chi connectivity index (χ3n) is 4.85. The zero-order valence-electron chi connectivity index (χ0n) is 13.5. The smallest absolute Gasteiger partial charge is 0.302 e. The van der Waals surface area contributed by atoms with Gasteiger partial charge in [-0.15, -0.1) is 0 Å². The Kier molecular flexibility index (Phi) is 5.15. The van der Waals surface area contributed by atoms with Crippen LogP contribution in [-0.4, -0.2) is 51.2 Å². The van der Waals surface area contributed by atoms with Gasteiger partial charge in [0.2, 0.25) is 0 Å². The lowest BCUT2D eigenvalue weighted by atomic mass is 9.68. The number of fused-ring (bicyclic) bond motifs is 2. The third kappa shape index (κ3) is 3.28. The minimum atomic E-state index is -2.74. The summed E-state index contributed by atoms with van der Waals surface area (Å²) in [6.07, 6.45) is -0.270. The van der Waals surface area contributed by atoms with Gasteiger partial charge in [-0.25, -0.2) is 4.21 Å². The van der Waals surface area contributed by atoms with Crippen LogP contribution in [0.2, 0.25) is 0 Å². The van der Waals surface area contributed by atoms with Gasteiger partial charge in [0.25, 0.3) is 0 Å². The average molecular weight is 349 g/mol. The molecule has 132 valence electrons. The number of ether oxygens (including phenoxy) is 3. The fourth-order valence-electron chi connectivity index (χ4n) is 3.69. The fourth-order valence-corrected chi connectivity index (χ4v) is 4.19. The van der Waals surface area contributed by atoms with E-state index in [0.717, 1.165) is 0 Å². The van der Waals surface area contributed by atoms with E-state index in [1.165, 1.54) is 13.8 Å². The van der Waals surface area contributed by atoms with Gasteiger partial charge in [0, 0.05) is 19.8 Å². The van der Waals surface area contributed by atoms with Crippen molar-refractivity contribution in [3.8, 4) is 0 Å². The van der Waals surface area contributed by atoms with E-state index >= 15 is 0 Å². The second kappa shape index (κ2) is 6.46. The molecule has 2 aliphatic rings. The molecule has 6 unspecified atom stereocenters. The molecule has 2 rings (SSSR count). The van der Waals surface area contributed by atoms with E-state index in [4.69, 9.17) is 18.4 Å². The van der Waals surface area contributed by atoms with E-state index in [-0.39, 0.29) is 25.0 Å². The van der Waals surface area contributed by atoms with E-state index in [9.17, 15) is 18.4 Å². The van der Waals surface area contributed by atoms with Crippen molar-refractivity contribution in [2.45, 2.75) is 51.4 Å². The van der Waals surface area contributed by atoms with E-state index < -0.39 is 40.6 Å². The predicted octanol–water partition coefficient (Wildman–Crippen LogP) is 0.476. The lowest BCUT2D eigenvalue weighted by Gasteiger charge is -2.40. The van der Waals surface area contributed by atoms with Crippen LogP contribution >= 0.6 is 0 Å². The summed E-state index contributed by atoms with van der Waals surface area (Å²) in [5.74, 6) is -1.43. The fraction of sp³-hybridized carbons (Fsp3) is 0.857. The zero-order chi connectivity index (χ0) is 17.4. The topological polar surface area (TPSA) is 111 Å².